The summed E-state index contributed by atoms with van der Waals surface area (Å²) in [6.45, 7) is 0.815. The second-order valence-corrected chi connectivity index (χ2v) is 4.87. The summed E-state index contributed by atoms with van der Waals surface area (Å²) in [7, 11) is 0. The average Bonchev–Trinajstić information content (AvgIpc) is 2.88. The highest BCUT2D eigenvalue weighted by molar-refractivity contribution is 7.09. The fraction of sp³-hybridized carbons (Fsp3) is 0.286. The number of thiophene rings is 1. The molecule has 0 unspecified atom stereocenters. The smallest absolute Gasteiger partial charge is 0.119 e. The van der Waals surface area contributed by atoms with Crippen LogP contribution in [0.5, 0.6) is 5.75 Å². The fourth-order valence-electron chi connectivity index (χ4n) is 1.58. The molecule has 0 aliphatic carbocycles. The molecule has 0 atom stereocenters. The lowest BCUT2D eigenvalue weighted by Crippen LogP contribution is -1.98. The quantitative estimate of drug-likeness (QED) is 0.795. The van der Waals surface area contributed by atoms with E-state index in [-0.39, 0.29) is 6.61 Å². The monoisotopic (exact) mass is 248 g/mol. The second kappa shape index (κ2) is 6.42. The molecule has 90 valence electrons. The summed E-state index contributed by atoms with van der Waals surface area (Å²) in [5, 5.41) is 11.0. The highest BCUT2D eigenvalue weighted by Gasteiger charge is 1.96. The largest absolute Gasteiger partial charge is 0.494 e. The Hall–Kier alpha value is -1.32. The Bertz CT molecular complexity index is 420. The van der Waals surface area contributed by atoms with Crippen LogP contribution in [0.25, 0.3) is 0 Å². The maximum absolute atomic E-state index is 8.91. The van der Waals surface area contributed by atoms with Gasteiger partial charge in [0.05, 0.1) is 13.2 Å². The number of benzene rings is 1. The molecule has 1 aromatic heterocycles. The molecule has 1 heterocycles. The summed E-state index contributed by atoms with van der Waals surface area (Å²) < 4.78 is 5.63. The van der Waals surface area contributed by atoms with E-state index in [9.17, 15) is 0 Å². The third-order valence-corrected chi connectivity index (χ3v) is 3.46. The summed E-state index contributed by atoms with van der Waals surface area (Å²) in [4.78, 5) is 1.41. The van der Waals surface area contributed by atoms with Crippen LogP contribution in [0.1, 0.15) is 16.9 Å². The van der Waals surface area contributed by atoms with Gasteiger partial charge in [0.25, 0.3) is 0 Å². The lowest BCUT2D eigenvalue weighted by molar-refractivity contribution is 0.281. The Morgan fingerprint density at radius 2 is 1.94 bits per heavy atom. The molecule has 2 aromatic rings. The molecule has 0 saturated carbocycles. The maximum atomic E-state index is 8.91. The molecule has 1 N–H and O–H groups in total. The molecule has 2 rings (SSSR count). The summed E-state index contributed by atoms with van der Waals surface area (Å²) in [5.41, 5.74) is 0.913. The number of hydrogen-bond acceptors (Lipinski definition) is 3. The van der Waals surface area contributed by atoms with Crippen LogP contribution in [-0.4, -0.2) is 11.7 Å². The van der Waals surface area contributed by atoms with E-state index in [1.807, 2.05) is 24.3 Å². The Morgan fingerprint density at radius 1 is 1.12 bits per heavy atom. The van der Waals surface area contributed by atoms with Crippen LogP contribution in [0, 0.1) is 0 Å². The SMILES string of the molecule is OCc1ccc(OCCCc2cccs2)cc1. The minimum atomic E-state index is 0.0820. The Kier molecular flexibility index (Phi) is 4.59. The van der Waals surface area contributed by atoms with Crippen molar-refractivity contribution in [1.29, 1.82) is 0 Å². The van der Waals surface area contributed by atoms with Gasteiger partial charge in [0.1, 0.15) is 5.75 Å². The normalized spacial score (nSPS) is 10.4. The van der Waals surface area contributed by atoms with Crippen LogP contribution >= 0.6 is 11.3 Å². The van der Waals surface area contributed by atoms with Crippen molar-refractivity contribution in [2.45, 2.75) is 19.4 Å². The van der Waals surface area contributed by atoms with Gasteiger partial charge in [0.2, 0.25) is 0 Å². The molecule has 0 aliphatic heterocycles. The van der Waals surface area contributed by atoms with E-state index in [1.165, 1.54) is 4.88 Å². The molecule has 3 heteroatoms. The minimum absolute atomic E-state index is 0.0820. The van der Waals surface area contributed by atoms with E-state index in [0.29, 0.717) is 0 Å². The van der Waals surface area contributed by atoms with Crippen LogP contribution in [-0.2, 0) is 13.0 Å². The zero-order chi connectivity index (χ0) is 11.9. The number of ether oxygens (including phenoxy) is 1. The minimum Gasteiger partial charge on any atom is -0.494 e. The van der Waals surface area contributed by atoms with E-state index < -0.39 is 0 Å². The van der Waals surface area contributed by atoms with Gasteiger partial charge in [0.15, 0.2) is 0 Å². The van der Waals surface area contributed by atoms with Gasteiger partial charge in [-0.1, -0.05) is 18.2 Å². The predicted octanol–water partition coefficient (Wildman–Crippen LogP) is 3.25. The lowest BCUT2D eigenvalue weighted by Gasteiger charge is -2.06. The first-order valence-corrected chi connectivity index (χ1v) is 6.61. The molecule has 2 nitrogen and oxygen atoms in total. The highest BCUT2D eigenvalue weighted by atomic mass is 32.1. The molecule has 1 aromatic carbocycles. The molecule has 0 bridgehead atoms. The van der Waals surface area contributed by atoms with Crippen molar-refractivity contribution in [1.82, 2.24) is 0 Å². The van der Waals surface area contributed by atoms with E-state index in [0.717, 1.165) is 30.8 Å². The number of hydrogen-bond donors (Lipinski definition) is 1. The van der Waals surface area contributed by atoms with E-state index in [4.69, 9.17) is 9.84 Å². The molecular weight excluding hydrogens is 232 g/mol. The fourth-order valence-corrected chi connectivity index (χ4v) is 2.33. The van der Waals surface area contributed by atoms with Gasteiger partial charge in [-0.2, -0.15) is 0 Å². The van der Waals surface area contributed by atoms with Crippen molar-refractivity contribution >= 4 is 11.3 Å². The highest BCUT2D eigenvalue weighted by Crippen LogP contribution is 2.14. The van der Waals surface area contributed by atoms with E-state index in [1.54, 1.807) is 11.3 Å². The van der Waals surface area contributed by atoms with E-state index >= 15 is 0 Å². The molecule has 0 fully saturated rings. The summed E-state index contributed by atoms with van der Waals surface area (Å²) in [6, 6.07) is 11.8. The number of aliphatic hydroxyl groups is 1. The standard InChI is InChI=1S/C14H16O2S/c15-11-12-5-7-13(8-6-12)16-9-1-3-14-4-2-10-17-14/h2,4-8,10,15H,1,3,9,11H2. The van der Waals surface area contributed by atoms with Gasteiger partial charge in [-0.15, -0.1) is 11.3 Å². The van der Waals surface area contributed by atoms with Gasteiger partial charge in [-0.05, 0) is 42.0 Å². The third-order valence-electron chi connectivity index (χ3n) is 2.52. The number of rotatable bonds is 6. The molecule has 0 saturated heterocycles. The molecule has 0 aliphatic rings. The lowest BCUT2D eigenvalue weighted by atomic mass is 10.2. The van der Waals surface area contributed by atoms with E-state index in [2.05, 4.69) is 17.5 Å². The van der Waals surface area contributed by atoms with Crippen molar-refractivity contribution in [2.24, 2.45) is 0 Å². The maximum Gasteiger partial charge on any atom is 0.119 e. The summed E-state index contributed by atoms with van der Waals surface area (Å²) in [5.74, 6) is 0.869. The van der Waals surface area contributed by atoms with Gasteiger partial charge >= 0.3 is 0 Å². The first-order valence-electron chi connectivity index (χ1n) is 5.73. The first kappa shape index (κ1) is 12.1. The van der Waals surface area contributed by atoms with Crippen molar-refractivity contribution in [3.8, 4) is 5.75 Å². The van der Waals surface area contributed by atoms with Crippen LogP contribution in [0.3, 0.4) is 0 Å². The zero-order valence-corrected chi connectivity index (χ0v) is 10.5. The summed E-state index contributed by atoms with van der Waals surface area (Å²) in [6.07, 6.45) is 2.11. The Morgan fingerprint density at radius 3 is 2.59 bits per heavy atom. The Labute approximate surface area is 105 Å². The van der Waals surface area contributed by atoms with Gasteiger partial charge in [-0.25, -0.2) is 0 Å². The van der Waals surface area contributed by atoms with Crippen LogP contribution in [0.15, 0.2) is 41.8 Å². The second-order valence-electron chi connectivity index (χ2n) is 3.83. The number of aliphatic hydroxyl groups excluding tert-OH is 1. The molecule has 0 amide bonds. The van der Waals surface area contributed by atoms with Gasteiger partial charge < -0.3 is 9.84 Å². The molecular formula is C14H16O2S. The molecule has 0 spiro atoms. The van der Waals surface area contributed by atoms with Gasteiger partial charge in [0, 0.05) is 4.88 Å². The molecule has 0 radical (unpaired) electrons. The van der Waals surface area contributed by atoms with Crippen LogP contribution in [0.4, 0.5) is 0 Å². The summed E-state index contributed by atoms with van der Waals surface area (Å²) >= 11 is 1.79. The Balaban J connectivity index is 1.70. The zero-order valence-electron chi connectivity index (χ0n) is 9.63. The predicted molar refractivity (Wildman–Crippen MR) is 70.5 cm³/mol. The molecule has 17 heavy (non-hydrogen) atoms. The first-order chi connectivity index (χ1) is 8.38. The van der Waals surface area contributed by atoms with Crippen molar-refractivity contribution < 1.29 is 9.84 Å². The van der Waals surface area contributed by atoms with Crippen LogP contribution < -0.4 is 4.74 Å². The average molecular weight is 248 g/mol. The van der Waals surface area contributed by atoms with Crippen molar-refractivity contribution in [3.63, 3.8) is 0 Å². The van der Waals surface area contributed by atoms with Crippen LogP contribution in [0.2, 0.25) is 0 Å². The third kappa shape index (κ3) is 3.88. The van der Waals surface area contributed by atoms with Crippen molar-refractivity contribution in [2.75, 3.05) is 6.61 Å². The topological polar surface area (TPSA) is 29.5 Å². The van der Waals surface area contributed by atoms with Crippen molar-refractivity contribution in [3.05, 3.63) is 52.2 Å². The van der Waals surface area contributed by atoms with Gasteiger partial charge in [-0.3, -0.25) is 0 Å². The number of aryl methyl sites for hydroxylation is 1.